The molecule has 0 bridgehead atoms. The summed E-state index contributed by atoms with van der Waals surface area (Å²) in [5.41, 5.74) is 2.99. The van der Waals surface area contributed by atoms with Crippen molar-refractivity contribution in [3.05, 3.63) is 76.9 Å². The minimum absolute atomic E-state index is 0.0301. The molecule has 3 aromatic rings. The molecular weight excluding hydrogens is 716 g/mol. The van der Waals surface area contributed by atoms with E-state index in [1.165, 1.54) is 14.2 Å². The molecule has 0 saturated carbocycles. The minimum Gasteiger partial charge on any atom is -0.502 e. The number of rotatable bonds is 17. The summed E-state index contributed by atoms with van der Waals surface area (Å²) in [4.78, 5) is 52.3. The summed E-state index contributed by atoms with van der Waals surface area (Å²) in [7, 11) is 2.86. The second-order valence-corrected chi connectivity index (χ2v) is 13.4. The van der Waals surface area contributed by atoms with Gasteiger partial charge in [0.05, 0.1) is 39.3 Å². The van der Waals surface area contributed by atoms with Gasteiger partial charge in [0.2, 0.25) is 18.4 Å². The maximum Gasteiger partial charge on any atom is 0.410 e. The van der Waals surface area contributed by atoms with Crippen molar-refractivity contribution in [1.29, 1.82) is 0 Å². The Bertz CT molecular complexity index is 1830. The number of carbonyl (C=O) groups excluding carboxylic acids is 3. The van der Waals surface area contributed by atoms with Gasteiger partial charge >= 0.3 is 18.2 Å². The predicted octanol–water partition coefficient (Wildman–Crippen LogP) is 3.90. The van der Waals surface area contributed by atoms with Gasteiger partial charge in [-0.25, -0.2) is 9.59 Å². The Kier molecular flexibility index (Phi) is 12.7. The number of amides is 3. The summed E-state index contributed by atoms with van der Waals surface area (Å²) < 4.78 is 33.5. The van der Waals surface area contributed by atoms with Gasteiger partial charge in [0.15, 0.2) is 23.0 Å². The number of hydrogen-bond donors (Lipinski definition) is 5. The Morgan fingerprint density at radius 2 is 1.58 bits per heavy atom. The summed E-state index contributed by atoms with van der Waals surface area (Å²) in [6, 6.07) is 15.7. The van der Waals surface area contributed by atoms with Crippen molar-refractivity contribution in [2.24, 2.45) is 11.8 Å². The number of nitrogens with one attached hydrogen (secondary N) is 3. The number of aromatic hydroxyl groups is 1. The lowest BCUT2D eigenvalue weighted by molar-refractivity contribution is -0.141. The maximum atomic E-state index is 13.5. The van der Waals surface area contributed by atoms with Crippen molar-refractivity contribution in [3.8, 4) is 28.7 Å². The Morgan fingerprint density at radius 3 is 2.27 bits per heavy atom. The number of phenolic OH excluding ortho intramolecular Hbond substituents is 1. The lowest BCUT2D eigenvalue weighted by Gasteiger charge is -2.39. The van der Waals surface area contributed by atoms with E-state index in [4.69, 9.17) is 33.5 Å². The molecule has 0 aromatic heterocycles. The van der Waals surface area contributed by atoms with E-state index in [0.29, 0.717) is 56.0 Å². The van der Waals surface area contributed by atoms with E-state index in [0.717, 1.165) is 16.7 Å². The fraction of sp³-hybridized carbons (Fsp3) is 0.436. The molecule has 1 saturated heterocycles. The van der Waals surface area contributed by atoms with E-state index in [9.17, 15) is 24.3 Å². The number of unbranched alkanes of at least 4 members (excludes halogenated alkanes) is 1. The van der Waals surface area contributed by atoms with Gasteiger partial charge in [-0.3, -0.25) is 9.59 Å². The number of ether oxygens (including phenoxy) is 6. The molecule has 0 radical (unpaired) electrons. The van der Waals surface area contributed by atoms with Gasteiger partial charge in [-0.15, -0.1) is 0 Å². The number of benzene rings is 3. The number of esters is 1. The highest BCUT2D eigenvalue weighted by atomic mass is 16.7. The summed E-state index contributed by atoms with van der Waals surface area (Å²) in [5, 5.41) is 28.1. The zero-order valence-corrected chi connectivity index (χ0v) is 30.7. The highest BCUT2D eigenvalue weighted by Gasteiger charge is 2.53. The third kappa shape index (κ3) is 9.08. The smallest absolute Gasteiger partial charge is 0.410 e. The summed E-state index contributed by atoms with van der Waals surface area (Å²) in [5.74, 6) is -1.15. The Hall–Kier alpha value is -5.90. The first-order valence-electron chi connectivity index (χ1n) is 18.2. The van der Waals surface area contributed by atoms with Crippen LogP contribution in [-0.2, 0) is 25.7 Å². The lowest BCUT2D eigenvalue weighted by atomic mass is 9.65. The first-order valence-corrected chi connectivity index (χ1v) is 18.2. The van der Waals surface area contributed by atoms with E-state index in [1.54, 1.807) is 17.0 Å². The van der Waals surface area contributed by atoms with E-state index in [2.05, 4.69) is 16.0 Å². The molecule has 294 valence electrons. The van der Waals surface area contributed by atoms with Crippen LogP contribution in [0.1, 0.15) is 53.5 Å². The van der Waals surface area contributed by atoms with Crippen LogP contribution in [0.5, 0.6) is 28.7 Å². The molecule has 16 nitrogen and oxygen atoms in total. The quantitative estimate of drug-likeness (QED) is 0.0980. The van der Waals surface area contributed by atoms with Crippen LogP contribution in [0, 0.1) is 11.8 Å². The lowest BCUT2D eigenvalue weighted by Crippen LogP contribution is -2.45. The number of carbonyl (C=O) groups is 4. The number of cyclic esters (lactones) is 1. The third-order valence-electron chi connectivity index (χ3n) is 10.0. The first-order chi connectivity index (χ1) is 26.7. The van der Waals surface area contributed by atoms with Crippen molar-refractivity contribution in [2.75, 3.05) is 60.3 Å². The average molecular weight is 763 g/mol. The molecule has 0 spiro atoms. The Morgan fingerprint density at radius 1 is 0.891 bits per heavy atom. The molecule has 4 atom stereocenters. The zero-order valence-electron chi connectivity index (χ0n) is 30.7. The first kappa shape index (κ1) is 38.8. The second kappa shape index (κ2) is 18.0. The molecule has 3 aliphatic rings. The van der Waals surface area contributed by atoms with E-state index in [1.807, 2.05) is 42.5 Å². The van der Waals surface area contributed by atoms with Gasteiger partial charge in [-0.1, -0.05) is 30.3 Å². The van der Waals surface area contributed by atoms with Gasteiger partial charge in [0, 0.05) is 31.5 Å². The van der Waals surface area contributed by atoms with E-state index >= 15 is 0 Å². The number of nitrogens with zero attached hydrogens (tertiary/aromatic N) is 1. The number of phenols is 1. The second-order valence-electron chi connectivity index (χ2n) is 13.4. The van der Waals surface area contributed by atoms with Gasteiger partial charge in [-0.05, 0) is 72.3 Å². The van der Waals surface area contributed by atoms with Crippen LogP contribution >= 0.6 is 0 Å². The fourth-order valence-corrected chi connectivity index (χ4v) is 7.39. The van der Waals surface area contributed by atoms with Crippen LogP contribution in [0.25, 0.3) is 0 Å². The molecule has 1 fully saturated rings. The normalized spacial score (nSPS) is 19.1. The van der Waals surface area contributed by atoms with Crippen LogP contribution in [0.15, 0.2) is 54.6 Å². The Balaban J connectivity index is 1.11. The molecule has 55 heavy (non-hydrogen) atoms. The average Bonchev–Trinajstić information content (AvgIpc) is 3.81. The number of fused-ring (bicyclic) bond motifs is 3. The van der Waals surface area contributed by atoms with Crippen LogP contribution in [0.3, 0.4) is 0 Å². The number of hydrogen-bond acceptors (Lipinski definition) is 12. The SMILES string of the molecule is COc1cc(C2c3cc4c(cc3C(NC(=O)CNCCCN(CCCCNC(=O)O)C(=O)OCc3ccccc3)C3COC(=O)C23)OCO4)cc(OC)c1O. The molecule has 6 rings (SSSR count). The molecular formula is C39H46N4O12. The van der Waals surface area contributed by atoms with Gasteiger partial charge < -0.3 is 59.5 Å². The van der Waals surface area contributed by atoms with Crippen molar-refractivity contribution < 1.29 is 57.8 Å². The Labute approximate surface area is 318 Å². The fourth-order valence-electron chi connectivity index (χ4n) is 7.39. The van der Waals surface area contributed by atoms with Gasteiger partial charge in [0.1, 0.15) is 6.61 Å². The molecule has 1 aliphatic carbocycles. The molecule has 4 unspecified atom stereocenters. The van der Waals surface area contributed by atoms with Gasteiger partial charge in [0.25, 0.3) is 0 Å². The topological polar surface area (TPSA) is 203 Å². The standard InChI is InChI=1S/C39H46N4O12/c1-50-30-15-24(16-31(51-2)36(30)45)33-25-17-28-29(55-22-54-28)18-26(25)35(27-21-52-37(46)34(27)33)42-32(44)19-40-11-8-14-43(13-7-6-12-41-38(47)48)39(49)53-20-23-9-4-3-5-10-23/h3-5,9-10,15-18,27,33-35,40-41,45H,6-8,11-14,19-22H2,1-2H3,(H,42,44)(H,47,48). The van der Waals surface area contributed by atoms with E-state index in [-0.39, 0.29) is 56.3 Å². The highest BCUT2D eigenvalue weighted by Crippen LogP contribution is 2.55. The zero-order chi connectivity index (χ0) is 38.9. The third-order valence-corrected chi connectivity index (χ3v) is 10.0. The predicted molar refractivity (Wildman–Crippen MR) is 195 cm³/mol. The monoisotopic (exact) mass is 762 g/mol. The summed E-state index contributed by atoms with van der Waals surface area (Å²) in [6.07, 6.45) is 0.0681. The highest BCUT2D eigenvalue weighted by molar-refractivity contribution is 5.82. The molecule has 5 N–H and O–H groups in total. The largest absolute Gasteiger partial charge is 0.502 e. The van der Waals surface area contributed by atoms with Crippen LogP contribution in [0.4, 0.5) is 9.59 Å². The molecule has 2 heterocycles. The van der Waals surface area contributed by atoms with E-state index < -0.39 is 42.0 Å². The molecule has 3 aromatic carbocycles. The van der Waals surface area contributed by atoms with Gasteiger partial charge in [-0.2, -0.15) is 0 Å². The molecule has 3 amide bonds. The number of methoxy groups -OCH3 is 2. The van der Waals surface area contributed by atoms with Crippen LogP contribution < -0.4 is 34.9 Å². The summed E-state index contributed by atoms with van der Waals surface area (Å²) >= 11 is 0. The molecule has 2 aliphatic heterocycles. The van der Waals surface area contributed by atoms with Crippen molar-refractivity contribution in [3.63, 3.8) is 0 Å². The minimum atomic E-state index is -1.10. The van der Waals surface area contributed by atoms with Crippen molar-refractivity contribution in [2.45, 2.75) is 37.8 Å². The van der Waals surface area contributed by atoms with Crippen LogP contribution in [-0.4, -0.2) is 99.5 Å². The maximum absolute atomic E-state index is 13.5. The molecule has 16 heteroatoms. The van der Waals surface area contributed by atoms with Crippen molar-refractivity contribution >= 4 is 24.1 Å². The number of carboxylic acid groups (broad SMARTS) is 1. The summed E-state index contributed by atoms with van der Waals surface area (Å²) in [6.45, 7) is 1.63. The van der Waals surface area contributed by atoms with Crippen LogP contribution in [0.2, 0.25) is 0 Å². The van der Waals surface area contributed by atoms with Crippen molar-refractivity contribution in [1.82, 2.24) is 20.9 Å².